The lowest BCUT2D eigenvalue weighted by Crippen LogP contribution is -2.42. The molecule has 0 aliphatic heterocycles. The van der Waals surface area contributed by atoms with Crippen molar-refractivity contribution in [3.8, 4) is 0 Å². The molecule has 0 spiro atoms. The van der Waals surface area contributed by atoms with Crippen molar-refractivity contribution >= 4 is 11.9 Å². The predicted molar refractivity (Wildman–Crippen MR) is 99.5 cm³/mol. The maximum Gasteiger partial charge on any atom is 0.306 e. The highest BCUT2D eigenvalue weighted by molar-refractivity contribution is 5.83. The van der Waals surface area contributed by atoms with Crippen LogP contribution in [0.15, 0.2) is 0 Å². The first kappa shape index (κ1) is 21.9. The van der Waals surface area contributed by atoms with E-state index >= 15 is 0 Å². The SMILES string of the molecule is CCCCCCCCNC(=O)C1(CC(CCOC)C(=O)O)CCCC1. The Balaban J connectivity index is 2.47. The smallest absolute Gasteiger partial charge is 0.306 e. The number of unbranched alkanes of at least 4 members (excludes halogenated alkanes) is 5. The third-order valence-corrected chi connectivity index (χ3v) is 5.52. The Bertz CT molecular complexity index is 391. The minimum Gasteiger partial charge on any atom is -0.481 e. The fourth-order valence-corrected chi connectivity index (χ4v) is 3.92. The second-order valence-corrected chi connectivity index (χ2v) is 7.53. The zero-order valence-corrected chi connectivity index (χ0v) is 16.1. The second-order valence-electron chi connectivity index (χ2n) is 7.53. The molecule has 1 fully saturated rings. The Hall–Kier alpha value is -1.10. The lowest BCUT2D eigenvalue weighted by molar-refractivity contribution is -0.145. The molecule has 0 heterocycles. The summed E-state index contributed by atoms with van der Waals surface area (Å²) in [6.45, 7) is 3.34. The van der Waals surface area contributed by atoms with Gasteiger partial charge in [-0.05, 0) is 32.1 Å². The van der Waals surface area contributed by atoms with E-state index in [4.69, 9.17) is 4.74 Å². The Labute approximate surface area is 152 Å². The monoisotopic (exact) mass is 355 g/mol. The van der Waals surface area contributed by atoms with E-state index in [0.717, 1.165) is 38.5 Å². The summed E-state index contributed by atoms with van der Waals surface area (Å²) in [6, 6.07) is 0. The van der Waals surface area contributed by atoms with E-state index in [1.807, 2.05) is 0 Å². The number of carbonyl (C=O) groups excluding carboxylic acids is 1. The zero-order valence-electron chi connectivity index (χ0n) is 16.1. The molecule has 5 nitrogen and oxygen atoms in total. The third-order valence-electron chi connectivity index (χ3n) is 5.52. The molecule has 0 radical (unpaired) electrons. The summed E-state index contributed by atoms with van der Waals surface area (Å²) in [5, 5.41) is 12.6. The number of aliphatic carboxylic acids is 1. The van der Waals surface area contributed by atoms with Crippen molar-refractivity contribution in [1.29, 1.82) is 0 Å². The van der Waals surface area contributed by atoms with Gasteiger partial charge in [-0.3, -0.25) is 9.59 Å². The number of rotatable bonds is 14. The van der Waals surface area contributed by atoms with Crippen molar-refractivity contribution in [2.75, 3.05) is 20.3 Å². The molecule has 1 rings (SSSR count). The molecule has 1 unspecified atom stereocenters. The number of hydrogen-bond acceptors (Lipinski definition) is 3. The van der Waals surface area contributed by atoms with Crippen molar-refractivity contribution < 1.29 is 19.4 Å². The molecule has 0 aromatic rings. The van der Waals surface area contributed by atoms with Crippen LogP contribution in [0.4, 0.5) is 0 Å². The van der Waals surface area contributed by atoms with E-state index in [1.54, 1.807) is 7.11 Å². The van der Waals surface area contributed by atoms with Crippen molar-refractivity contribution in [2.45, 2.75) is 84.0 Å². The van der Waals surface area contributed by atoms with Crippen LogP contribution in [0.3, 0.4) is 0 Å². The number of amides is 1. The van der Waals surface area contributed by atoms with Crippen LogP contribution in [0.25, 0.3) is 0 Å². The summed E-state index contributed by atoms with van der Waals surface area (Å²) in [4.78, 5) is 24.4. The summed E-state index contributed by atoms with van der Waals surface area (Å²) in [5.74, 6) is -1.24. The van der Waals surface area contributed by atoms with Crippen molar-refractivity contribution in [3.05, 3.63) is 0 Å². The third kappa shape index (κ3) is 7.76. The lowest BCUT2D eigenvalue weighted by Gasteiger charge is -2.30. The molecule has 1 aliphatic rings. The molecule has 2 N–H and O–H groups in total. The molecule has 0 aromatic carbocycles. The molecule has 146 valence electrons. The standard InChI is InChI=1S/C20H37NO4/c1-3-4-5-6-7-10-14-21-19(24)20(12-8-9-13-20)16-17(18(22)23)11-15-25-2/h17H,3-16H2,1-2H3,(H,21,24)(H,22,23). The minimum absolute atomic E-state index is 0.0715. The van der Waals surface area contributed by atoms with Gasteiger partial charge in [-0.15, -0.1) is 0 Å². The summed E-state index contributed by atoms with van der Waals surface area (Å²) < 4.78 is 5.04. The molecule has 1 atom stereocenters. The van der Waals surface area contributed by atoms with Crippen LogP contribution in [0.2, 0.25) is 0 Å². The van der Waals surface area contributed by atoms with E-state index in [2.05, 4.69) is 12.2 Å². The van der Waals surface area contributed by atoms with E-state index in [1.165, 1.54) is 25.7 Å². The van der Waals surface area contributed by atoms with Gasteiger partial charge < -0.3 is 15.2 Å². The number of methoxy groups -OCH3 is 1. The largest absolute Gasteiger partial charge is 0.481 e. The number of hydrogen-bond donors (Lipinski definition) is 2. The Morgan fingerprint density at radius 1 is 1.12 bits per heavy atom. The molecule has 1 amide bonds. The number of ether oxygens (including phenoxy) is 1. The number of nitrogens with one attached hydrogen (secondary N) is 1. The maximum absolute atomic E-state index is 12.8. The van der Waals surface area contributed by atoms with Crippen LogP contribution in [-0.2, 0) is 14.3 Å². The molecule has 0 aromatic heterocycles. The van der Waals surface area contributed by atoms with Crippen LogP contribution in [0, 0.1) is 11.3 Å². The molecular formula is C20H37NO4. The van der Waals surface area contributed by atoms with Gasteiger partial charge in [0.05, 0.1) is 5.92 Å². The fourth-order valence-electron chi connectivity index (χ4n) is 3.92. The molecule has 25 heavy (non-hydrogen) atoms. The van der Waals surface area contributed by atoms with Gasteiger partial charge in [0.2, 0.25) is 5.91 Å². The van der Waals surface area contributed by atoms with Crippen LogP contribution in [0.5, 0.6) is 0 Å². The van der Waals surface area contributed by atoms with Gasteiger partial charge in [0.15, 0.2) is 0 Å². The van der Waals surface area contributed by atoms with Gasteiger partial charge in [0.1, 0.15) is 0 Å². The van der Waals surface area contributed by atoms with Crippen molar-refractivity contribution in [3.63, 3.8) is 0 Å². The van der Waals surface area contributed by atoms with E-state index in [0.29, 0.717) is 26.0 Å². The van der Waals surface area contributed by atoms with Gasteiger partial charge in [0, 0.05) is 25.7 Å². The predicted octanol–water partition coefficient (Wildman–Crippen LogP) is 4.15. The first-order valence-corrected chi connectivity index (χ1v) is 10.1. The van der Waals surface area contributed by atoms with Crippen LogP contribution >= 0.6 is 0 Å². The first-order valence-electron chi connectivity index (χ1n) is 10.1. The highest BCUT2D eigenvalue weighted by Gasteiger charge is 2.43. The van der Waals surface area contributed by atoms with Gasteiger partial charge in [-0.2, -0.15) is 0 Å². The topological polar surface area (TPSA) is 75.6 Å². The molecule has 1 aliphatic carbocycles. The highest BCUT2D eigenvalue weighted by Crippen LogP contribution is 2.44. The van der Waals surface area contributed by atoms with E-state index < -0.39 is 17.3 Å². The number of carboxylic acid groups (broad SMARTS) is 1. The Morgan fingerprint density at radius 2 is 1.76 bits per heavy atom. The van der Waals surface area contributed by atoms with E-state index in [9.17, 15) is 14.7 Å². The second kappa shape index (κ2) is 12.3. The average Bonchev–Trinajstić information content (AvgIpc) is 3.07. The van der Waals surface area contributed by atoms with Crippen LogP contribution in [0.1, 0.15) is 84.0 Å². The Kier molecular flexibility index (Phi) is 10.8. The summed E-state index contributed by atoms with van der Waals surface area (Å²) in [5.41, 5.74) is -0.487. The molecule has 0 saturated heterocycles. The van der Waals surface area contributed by atoms with Gasteiger partial charge in [0.25, 0.3) is 0 Å². The van der Waals surface area contributed by atoms with Crippen molar-refractivity contribution in [2.24, 2.45) is 11.3 Å². The number of carboxylic acids is 1. The molecule has 5 heteroatoms. The summed E-state index contributed by atoms with van der Waals surface area (Å²) >= 11 is 0. The highest BCUT2D eigenvalue weighted by atomic mass is 16.5. The lowest BCUT2D eigenvalue weighted by atomic mass is 9.76. The van der Waals surface area contributed by atoms with Crippen LogP contribution in [-0.4, -0.2) is 37.2 Å². The number of carbonyl (C=O) groups is 2. The average molecular weight is 356 g/mol. The van der Waals surface area contributed by atoms with Crippen LogP contribution < -0.4 is 5.32 Å². The summed E-state index contributed by atoms with van der Waals surface area (Å²) in [7, 11) is 1.58. The summed E-state index contributed by atoms with van der Waals surface area (Å²) in [6.07, 6.45) is 11.8. The molecule has 0 bridgehead atoms. The van der Waals surface area contributed by atoms with Gasteiger partial charge >= 0.3 is 5.97 Å². The van der Waals surface area contributed by atoms with E-state index in [-0.39, 0.29) is 5.91 Å². The van der Waals surface area contributed by atoms with Crippen molar-refractivity contribution in [1.82, 2.24) is 5.32 Å². The quantitative estimate of drug-likeness (QED) is 0.459. The van der Waals surface area contributed by atoms with Gasteiger partial charge in [-0.25, -0.2) is 0 Å². The normalized spacial score (nSPS) is 17.4. The fraction of sp³-hybridized carbons (Fsp3) is 0.900. The molecular weight excluding hydrogens is 318 g/mol. The zero-order chi connectivity index (χ0) is 18.5. The minimum atomic E-state index is -0.813. The Morgan fingerprint density at radius 3 is 2.36 bits per heavy atom. The van der Waals surface area contributed by atoms with Gasteiger partial charge in [-0.1, -0.05) is 51.9 Å². The maximum atomic E-state index is 12.8. The molecule has 1 saturated carbocycles. The first-order chi connectivity index (χ1) is 12.1.